The molecule has 2 aliphatic heterocycles. The Hall–Kier alpha value is -3.70. The third kappa shape index (κ3) is 4.15. The summed E-state index contributed by atoms with van der Waals surface area (Å²) < 4.78 is 18.8. The van der Waals surface area contributed by atoms with E-state index in [4.69, 9.17) is 13.9 Å². The molecule has 0 aliphatic carbocycles. The second-order valence-electron chi connectivity index (χ2n) is 8.79. The molecule has 0 bridgehead atoms. The van der Waals surface area contributed by atoms with Gasteiger partial charge in [0.2, 0.25) is 5.91 Å². The Morgan fingerprint density at radius 1 is 1.21 bits per heavy atom. The van der Waals surface area contributed by atoms with Gasteiger partial charge in [-0.1, -0.05) is 6.07 Å². The lowest BCUT2D eigenvalue weighted by Gasteiger charge is -2.26. The van der Waals surface area contributed by atoms with Gasteiger partial charge in [0.25, 0.3) is 0 Å². The molecule has 2 aliphatic rings. The Morgan fingerprint density at radius 2 is 2.03 bits per heavy atom. The molecule has 1 N–H and O–H groups in total. The first-order chi connectivity index (χ1) is 16.5. The first-order valence-corrected chi connectivity index (χ1v) is 11.6. The summed E-state index contributed by atoms with van der Waals surface area (Å²) >= 11 is 0. The maximum absolute atomic E-state index is 13.2. The highest BCUT2D eigenvalue weighted by molar-refractivity contribution is 5.93. The van der Waals surface area contributed by atoms with E-state index in [9.17, 15) is 10.1 Å². The predicted molar refractivity (Wildman–Crippen MR) is 126 cm³/mol. The summed E-state index contributed by atoms with van der Waals surface area (Å²) in [5.74, 6) is 2.68. The second kappa shape index (κ2) is 9.27. The first kappa shape index (κ1) is 22.1. The van der Waals surface area contributed by atoms with Crippen molar-refractivity contribution in [3.05, 3.63) is 64.7 Å². The number of nitrogens with one attached hydrogen (secondary N) is 1. The van der Waals surface area contributed by atoms with Crippen LogP contribution < -0.4 is 14.8 Å². The minimum Gasteiger partial charge on any atom is -0.486 e. The van der Waals surface area contributed by atoms with Crippen LogP contribution in [0.4, 0.5) is 5.82 Å². The Morgan fingerprint density at radius 3 is 2.79 bits per heavy atom. The summed E-state index contributed by atoms with van der Waals surface area (Å²) in [6, 6.07) is 12.2. The van der Waals surface area contributed by atoms with E-state index in [0.29, 0.717) is 31.1 Å². The van der Waals surface area contributed by atoms with E-state index in [0.717, 1.165) is 53.5 Å². The van der Waals surface area contributed by atoms with Crippen LogP contribution in [0.2, 0.25) is 0 Å². The Labute approximate surface area is 198 Å². The van der Waals surface area contributed by atoms with Gasteiger partial charge in [-0.25, -0.2) is 0 Å². The molecule has 1 amide bonds. The monoisotopic (exact) mass is 460 g/mol. The van der Waals surface area contributed by atoms with Gasteiger partial charge in [-0.2, -0.15) is 5.26 Å². The highest BCUT2D eigenvalue weighted by atomic mass is 16.6. The Kier molecular flexibility index (Phi) is 6.03. The van der Waals surface area contributed by atoms with E-state index in [-0.39, 0.29) is 18.5 Å². The lowest BCUT2D eigenvalue weighted by Crippen LogP contribution is -2.33. The quantitative estimate of drug-likeness (QED) is 0.594. The van der Waals surface area contributed by atoms with Gasteiger partial charge in [0, 0.05) is 11.7 Å². The van der Waals surface area contributed by atoms with Crippen molar-refractivity contribution < 1.29 is 18.7 Å². The normalized spacial score (nSPS) is 17.5. The molecule has 8 heteroatoms. The SMILES string of the molecule is Cc1c(C#N)c(NC(=O)CN2CCC[C@@H]2c2ccc3c(c2)OCCO3)n(Cc2ccco2)c1C. The first-order valence-electron chi connectivity index (χ1n) is 11.6. The maximum Gasteiger partial charge on any atom is 0.239 e. The third-order valence-electron chi connectivity index (χ3n) is 6.75. The zero-order chi connectivity index (χ0) is 23.7. The van der Waals surface area contributed by atoms with E-state index >= 15 is 0 Å². The molecule has 0 spiro atoms. The Bertz CT molecular complexity index is 1240. The van der Waals surface area contributed by atoms with Crippen molar-refractivity contribution >= 4 is 11.7 Å². The number of rotatable bonds is 6. The molecule has 3 aromatic rings. The van der Waals surface area contributed by atoms with E-state index in [2.05, 4.69) is 22.4 Å². The number of furan rings is 1. The summed E-state index contributed by atoms with van der Waals surface area (Å²) in [4.78, 5) is 15.4. The number of fused-ring (bicyclic) bond motifs is 1. The number of hydrogen-bond donors (Lipinski definition) is 1. The van der Waals surface area contributed by atoms with Crippen molar-refractivity contribution in [2.24, 2.45) is 0 Å². The van der Waals surface area contributed by atoms with Gasteiger partial charge >= 0.3 is 0 Å². The van der Waals surface area contributed by atoms with Gasteiger partial charge in [-0.3, -0.25) is 9.69 Å². The molecule has 8 nitrogen and oxygen atoms in total. The van der Waals surface area contributed by atoms with Crippen LogP contribution in [0.3, 0.4) is 0 Å². The molecule has 4 heterocycles. The fraction of sp³-hybridized carbons (Fsp3) is 0.385. The van der Waals surface area contributed by atoms with Gasteiger partial charge < -0.3 is 23.8 Å². The third-order valence-corrected chi connectivity index (χ3v) is 6.75. The lowest BCUT2D eigenvalue weighted by atomic mass is 10.0. The van der Waals surface area contributed by atoms with Crippen molar-refractivity contribution in [3.63, 3.8) is 0 Å². The van der Waals surface area contributed by atoms with Crippen LogP contribution in [0.25, 0.3) is 0 Å². The fourth-order valence-corrected chi connectivity index (χ4v) is 4.90. The number of carbonyl (C=O) groups is 1. The van der Waals surface area contributed by atoms with E-state index in [1.165, 1.54) is 0 Å². The van der Waals surface area contributed by atoms with Crippen molar-refractivity contribution in [1.29, 1.82) is 5.26 Å². The van der Waals surface area contributed by atoms with Crippen LogP contribution in [-0.4, -0.2) is 41.7 Å². The smallest absolute Gasteiger partial charge is 0.239 e. The van der Waals surface area contributed by atoms with Gasteiger partial charge in [0.1, 0.15) is 30.9 Å². The molecule has 0 saturated carbocycles. The molecule has 1 aromatic carbocycles. The molecule has 1 saturated heterocycles. The highest BCUT2D eigenvalue weighted by Crippen LogP contribution is 2.38. The molecule has 5 rings (SSSR count). The summed E-state index contributed by atoms with van der Waals surface area (Å²) in [7, 11) is 0. The molecular weight excluding hydrogens is 432 g/mol. The van der Waals surface area contributed by atoms with Crippen molar-refractivity contribution in [1.82, 2.24) is 9.47 Å². The average molecular weight is 461 g/mol. The molecule has 34 heavy (non-hydrogen) atoms. The summed E-state index contributed by atoms with van der Waals surface area (Å²) in [5, 5.41) is 12.8. The number of nitriles is 1. The van der Waals surface area contributed by atoms with Crippen LogP contribution in [0.1, 0.15) is 47.0 Å². The van der Waals surface area contributed by atoms with Crippen LogP contribution in [0, 0.1) is 25.2 Å². The van der Waals surface area contributed by atoms with Gasteiger partial charge in [0.15, 0.2) is 11.5 Å². The predicted octanol–water partition coefficient (Wildman–Crippen LogP) is 4.16. The van der Waals surface area contributed by atoms with Gasteiger partial charge in [-0.05, 0) is 68.6 Å². The van der Waals surface area contributed by atoms with Crippen LogP contribution in [-0.2, 0) is 11.3 Å². The van der Waals surface area contributed by atoms with E-state index in [1.807, 2.05) is 42.7 Å². The van der Waals surface area contributed by atoms with Crippen molar-refractivity contribution in [2.75, 3.05) is 31.6 Å². The van der Waals surface area contributed by atoms with Crippen LogP contribution in [0.5, 0.6) is 11.5 Å². The molecule has 1 atom stereocenters. The summed E-state index contributed by atoms with van der Waals surface area (Å²) in [5.41, 5.74) is 3.40. The number of nitrogens with zero attached hydrogens (tertiary/aromatic N) is 3. The molecule has 0 radical (unpaired) electrons. The Balaban J connectivity index is 1.34. The number of aromatic nitrogens is 1. The summed E-state index contributed by atoms with van der Waals surface area (Å²) in [6.07, 6.45) is 3.61. The second-order valence-corrected chi connectivity index (χ2v) is 8.79. The number of benzene rings is 1. The largest absolute Gasteiger partial charge is 0.486 e. The fourth-order valence-electron chi connectivity index (χ4n) is 4.90. The minimum absolute atomic E-state index is 0.135. The van der Waals surface area contributed by atoms with Crippen molar-refractivity contribution in [3.8, 4) is 17.6 Å². The number of anilines is 1. The zero-order valence-corrected chi connectivity index (χ0v) is 19.5. The van der Waals surface area contributed by atoms with E-state index < -0.39 is 0 Å². The number of amides is 1. The summed E-state index contributed by atoms with van der Waals surface area (Å²) in [6.45, 7) is 6.49. The number of likely N-dealkylation sites (tertiary alicyclic amines) is 1. The lowest BCUT2D eigenvalue weighted by molar-refractivity contribution is -0.117. The molecule has 1 fully saturated rings. The van der Waals surface area contributed by atoms with Crippen LogP contribution >= 0.6 is 0 Å². The number of ether oxygens (including phenoxy) is 2. The van der Waals surface area contributed by atoms with Crippen LogP contribution in [0.15, 0.2) is 41.0 Å². The minimum atomic E-state index is -0.140. The topological polar surface area (TPSA) is 92.7 Å². The molecular formula is C26H28N4O4. The van der Waals surface area contributed by atoms with Crippen molar-refractivity contribution in [2.45, 2.75) is 39.3 Å². The highest BCUT2D eigenvalue weighted by Gasteiger charge is 2.29. The number of hydrogen-bond acceptors (Lipinski definition) is 6. The number of carbonyl (C=O) groups excluding carboxylic acids is 1. The van der Waals surface area contributed by atoms with Gasteiger partial charge in [-0.15, -0.1) is 0 Å². The average Bonchev–Trinajstić information content (AvgIpc) is 3.57. The van der Waals surface area contributed by atoms with E-state index in [1.54, 1.807) is 6.26 Å². The molecule has 176 valence electrons. The molecule has 2 aromatic heterocycles. The molecule has 0 unspecified atom stereocenters. The van der Waals surface area contributed by atoms with Gasteiger partial charge in [0.05, 0.1) is 24.9 Å². The zero-order valence-electron chi connectivity index (χ0n) is 19.5. The maximum atomic E-state index is 13.2. The standard InChI is InChI=1S/C26H28N4O4/c1-17-18(2)30(15-20-5-4-10-32-20)26(21(17)14-27)28-25(31)16-29-9-3-6-22(29)19-7-8-23-24(13-19)34-12-11-33-23/h4-5,7-8,10,13,22H,3,6,9,11-12,15-16H2,1-2H3,(H,28,31)/t22-/m1/s1.